The molecular weight excluding hydrogens is 1130 g/mol. The maximum absolute atomic E-state index is 12.9. The van der Waals surface area contributed by atoms with Gasteiger partial charge < -0.3 is 28.5 Å². The molecule has 9 nitrogen and oxygen atoms in total. The number of hydrogen-bond acceptors (Lipinski definition) is 7. The van der Waals surface area contributed by atoms with Gasteiger partial charge in [-0.05, 0) is 122 Å². The van der Waals surface area contributed by atoms with Gasteiger partial charge in [0.1, 0.15) is 13.2 Å². The van der Waals surface area contributed by atoms with Crippen molar-refractivity contribution in [2.24, 2.45) is 0 Å². The number of unbranched alkanes of at least 4 members (excludes halogenated alkanes) is 28. The predicted octanol–water partition coefficient (Wildman–Crippen LogP) is 23.5. The number of carboxylic acid groups (broad SMARTS) is 1. The third kappa shape index (κ3) is 72.5. The highest BCUT2D eigenvalue weighted by molar-refractivity contribution is 5.71. The van der Waals surface area contributed by atoms with Crippen molar-refractivity contribution in [1.82, 2.24) is 0 Å². The summed E-state index contributed by atoms with van der Waals surface area (Å²) in [7, 11) is 5.96. The minimum Gasteiger partial charge on any atom is -0.477 e. The van der Waals surface area contributed by atoms with Crippen molar-refractivity contribution in [2.45, 2.75) is 309 Å². The fourth-order valence-electron chi connectivity index (χ4n) is 9.96. The molecule has 0 aromatic rings. The van der Waals surface area contributed by atoms with Crippen molar-refractivity contribution in [3.05, 3.63) is 146 Å². The van der Waals surface area contributed by atoms with Gasteiger partial charge >= 0.3 is 17.9 Å². The molecule has 0 saturated heterocycles. The molecule has 2 unspecified atom stereocenters. The summed E-state index contributed by atoms with van der Waals surface area (Å²) < 4.78 is 22.9. The van der Waals surface area contributed by atoms with Crippen molar-refractivity contribution in [3.8, 4) is 0 Å². The van der Waals surface area contributed by atoms with Crippen LogP contribution in [0.3, 0.4) is 0 Å². The van der Waals surface area contributed by atoms with Gasteiger partial charge in [-0.1, -0.05) is 307 Å². The van der Waals surface area contributed by atoms with Crippen LogP contribution in [0.1, 0.15) is 296 Å². The quantitative estimate of drug-likeness (QED) is 0.0211. The molecular formula is C82H138NO8+. The van der Waals surface area contributed by atoms with E-state index in [-0.39, 0.29) is 38.6 Å². The van der Waals surface area contributed by atoms with Gasteiger partial charge in [0.25, 0.3) is 6.29 Å². The zero-order valence-corrected chi connectivity index (χ0v) is 59.2. The fraction of sp³-hybridized carbons (Fsp3) is 0.671. The van der Waals surface area contributed by atoms with Crippen LogP contribution in [0.4, 0.5) is 0 Å². The molecule has 2 atom stereocenters. The van der Waals surface area contributed by atoms with Gasteiger partial charge in [-0.2, -0.15) is 0 Å². The van der Waals surface area contributed by atoms with Gasteiger partial charge in [0.15, 0.2) is 6.10 Å². The fourth-order valence-corrected chi connectivity index (χ4v) is 9.96. The number of likely N-dealkylation sites (N-methyl/N-ethyl adjacent to an activating group) is 1. The first-order valence-corrected chi connectivity index (χ1v) is 37.0. The smallest absolute Gasteiger partial charge is 0.361 e. The molecule has 0 fully saturated rings. The third-order valence-corrected chi connectivity index (χ3v) is 15.6. The first-order valence-electron chi connectivity index (χ1n) is 37.0. The summed E-state index contributed by atoms with van der Waals surface area (Å²) in [5.74, 6) is -2.05. The summed E-state index contributed by atoms with van der Waals surface area (Å²) in [6, 6.07) is 0. The Morgan fingerprint density at radius 3 is 0.956 bits per heavy atom. The molecule has 0 aliphatic heterocycles. The second-order valence-corrected chi connectivity index (χ2v) is 25.5. The number of rotatable bonds is 67. The average Bonchev–Trinajstić information content (AvgIpc) is 3.50. The first-order chi connectivity index (χ1) is 44.6. The molecule has 0 spiro atoms. The van der Waals surface area contributed by atoms with Crippen molar-refractivity contribution in [2.75, 3.05) is 47.5 Å². The summed E-state index contributed by atoms with van der Waals surface area (Å²) in [4.78, 5) is 37.7. The number of ether oxygens (including phenoxy) is 4. The summed E-state index contributed by atoms with van der Waals surface area (Å²) in [5, 5.41) is 9.75. The van der Waals surface area contributed by atoms with Crippen LogP contribution >= 0.6 is 0 Å². The molecule has 0 amide bonds. The van der Waals surface area contributed by atoms with Crippen LogP contribution in [0, 0.1) is 0 Å². The van der Waals surface area contributed by atoms with Gasteiger partial charge in [0, 0.05) is 12.8 Å². The first kappa shape index (κ1) is 86.2. The maximum Gasteiger partial charge on any atom is 0.361 e. The molecule has 1 N–H and O–H groups in total. The molecule has 9 heteroatoms. The van der Waals surface area contributed by atoms with Crippen molar-refractivity contribution in [1.29, 1.82) is 0 Å². The molecule has 0 radical (unpaired) electrons. The largest absolute Gasteiger partial charge is 0.477 e. The zero-order chi connectivity index (χ0) is 66.1. The highest BCUT2D eigenvalue weighted by atomic mass is 16.7. The standard InChI is InChI=1S/C82H137NO8/c1-6-8-10-12-14-16-18-20-22-24-26-28-30-32-34-36-37-38-39-40-41-42-43-45-47-49-51-53-55-57-59-61-63-65-67-69-71-73-80(85)91-78(77-90-82(81(86)87)88-75-74-83(3,4)5)76-89-79(84)72-70-68-66-64-62-60-58-56-54-52-50-48-46-44-35-33-31-29-27-25-23-21-19-17-15-13-11-9-7-2/h8,10,14,16,20,22,25-28,32,34,37-38,40-41,43,45,49,51,55,57,61,63,78,82H,6-7,9,11-13,15,17-19,21,23-24,29-31,33,35-36,39,42,44,46-48,50,52-54,56,58-60,62,64-77H2,1-5H3/p+1/b10-8-,16-14-,22-20-,27-25-,28-26-,34-32-,38-37-,41-40-,45-43-,51-49-,57-55-,63-61-. The lowest BCUT2D eigenvalue weighted by atomic mass is 10.0. The van der Waals surface area contributed by atoms with Crippen LogP contribution in [0.25, 0.3) is 0 Å². The highest BCUT2D eigenvalue weighted by Crippen LogP contribution is 2.17. The van der Waals surface area contributed by atoms with Gasteiger partial charge in [0.2, 0.25) is 0 Å². The Bertz CT molecular complexity index is 2010. The minimum absolute atomic E-state index is 0.174. The molecule has 0 aliphatic carbocycles. The van der Waals surface area contributed by atoms with Crippen LogP contribution in [0.2, 0.25) is 0 Å². The molecule has 0 aromatic heterocycles. The Labute approximate surface area is 560 Å². The van der Waals surface area contributed by atoms with E-state index in [1.54, 1.807) is 0 Å². The summed E-state index contributed by atoms with van der Waals surface area (Å²) in [6.07, 6.45) is 101. The number of aliphatic carboxylic acids is 1. The summed E-state index contributed by atoms with van der Waals surface area (Å²) in [6.45, 7) is 4.74. The van der Waals surface area contributed by atoms with E-state index in [1.165, 1.54) is 154 Å². The number of carbonyl (C=O) groups excluding carboxylic acids is 2. The van der Waals surface area contributed by atoms with E-state index in [0.29, 0.717) is 17.4 Å². The SMILES string of the molecule is CC/C=C\C/C=C\C/C=C\C/C=C\C/C=C\C/C=C\C/C=C\C/C=C\C/C=C\C/C=C\C/C=C\CCCCCC(=O)OC(COC(=O)CCCCCCCCCCCCCCCCCCC/C=C\CCCCCCCCCC)COC(OCC[N+](C)(C)C)C(=O)O. The molecule has 0 rings (SSSR count). The van der Waals surface area contributed by atoms with Crippen molar-refractivity contribution < 1.29 is 42.9 Å². The van der Waals surface area contributed by atoms with Gasteiger partial charge in [-0.3, -0.25) is 9.59 Å². The lowest BCUT2D eigenvalue weighted by molar-refractivity contribution is -0.870. The number of carboxylic acids is 1. The number of carbonyl (C=O) groups is 3. The summed E-state index contributed by atoms with van der Waals surface area (Å²) >= 11 is 0. The van der Waals surface area contributed by atoms with Crippen LogP contribution in [0.15, 0.2) is 146 Å². The van der Waals surface area contributed by atoms with Crippen molar-refractivity contribution >= 4 is 17.9 Å². The number of allylic oxidation sites excluding steroid dienone is 24. The van der Waals surface area contributed by atoms with Crippen LogP contribution in [-0.2, 0) is 33.3 Å². The molecule has 518 valence electrons. The Morgan fingerprint density at radius 1 is 0.341 bits per heavy atom. The highest BCUT2D eigenvalue weighted by Gasteiger charge is 2.25. The normalized spacial score (nSPS) is 13.5. The van der Waals surface area contributed by atoms with Gasteiger partial charge in [0.05, 0.1) is 34.4 Å². The van der Waals surface area contributed by atoms with E-state index in [4.69, 9.17) is 18.9 Å². The van der Waals surface area contributed by atoms with E-state index in [9.17, 15) is 19.5 Å². The average molecular weight is 1270 g/mol. The van der Waals surface area contributed by atoms with Crippen LogP contribution in [0.5, 0.6) is 0 Å². The van der Waals surface area contributed by atoms with E-state index in [2.05, 4.69) is 160 Å². The Balaban J connectivity index is 4.21. The van der Waals surface area contributed by atoms with Crippen LogP contribution < -0.4 is 0 Å². The summed E-state index contributed by atoms with van der Waals surface area (Å²) in [5.41, 5.74) is 0. The van der Waals surface area contributed by atoms with Crippen molar-refractivity contribution in [3.63, 3.8) is 0 Å². The number of hydrogen-bond donors (Lipinski definition) is 1. The van der Waals surface area contributed by atoms with E-state index >= 15 is 0 Å². The number of esters is 2. The topological polar surface area (TPSA) is 108 Å². The Hall–Kier alpha value is -4.83. The third-order valence-electron chi connectivity index (χ3n) is 15.6. The monoisotopic (exact) mass is 1270 g/mol. The zero-order valence-electron chi connectivity index (χ0n) is 59.2. The minimum atomic E-state index is -1.53. The van der Waals surface area contributed by atoms with E-state index < -0.39 is 24.3 Å². The molecule has 0 aliphatic rings. The second kappa shape index (κ2) is 71.0. The number of quaternary nitrogens is 1. The molecule has 0 bridgehead atoms. The molecule has 91 heavy (non-hydrogen) atoms. The maximum atomic E-state index is 12.9. The van der Waals surface area contributed by atoms with E-state index in [1.807, 2.05) is 21.1 Å². The lowest BCUT2D eigenvalue weighted by Gasteiger charge is -2.25. The molecule has 0 heterocycles. The Kier molecular flexibility index (Phi) is 67.3. The predicted molar refractivity (Wildman–Crippen MR) is 391 cm³/mol. The molecule has 0 aromatic carbocycles. The number of nitrogens with zero attached hydrogens (tertiary/aromatic N) is 1. The van der Waals surface area contributed by atoms with Crippen LogP contribution in [-0.4, -0.2) is 87.4 Å². The van der Waals surface area contributed by atoms with E-state index in [0.717, 1.165) is 109 Å². The molecule has 0 saturated carbocycles. The second-order valence-electron chi connectivity index (χ2n) is 25.5. The van der Waals surface area contributed by atoms with Gasteiger partial charge in [-0.25, -0.2) is 4.79 Å². The Morgan fingerprint density at radius 2 is 0.626 bits per heavy atom. The van der Waals surface area contributed by atoms with Gasteiger partial charge in [-0.15, -0.1) is 0 Å². The lowest BCUT2D eigenvalue weighted by Crippen LogP contribution is -2.40.